The summed E-state index contributed by atoms with van der Waals surface area (Å²) in [6.07, 6.45) is 0.897. The van der Waals surface area contributed by atoms with E-state index in [0.29, 0.717) is 66.2 Å². The van der Waals surface area contributed by atoms with Gasteiger partial charge in [-0.2, -0.15) is 10.0 Å². The third-order valence-corrected chi connectivity index (χ3v) is 10.8. The van der Waals surface area contributed by atoms with Gasteiger partial charge in [0.15, 0.2) is 22.4 Å². The average Bonchev–Trinajstić information content (AvgIpc) is 3.70. The first kappa shape index (κ1) is 38.7. The molecule has 4 atom stereocenters. The minimum Gasteiger partial charge on any atom is -0.493 e. The molecule has 1 aromatic heterocycles. The van der Waals surface area contributed by atoms with Crippen molar-refractivity contribution in [2.75, 3.05) is 56.4 Å². The zero-order valence-electron chi connectivity index (χ0n) is 31.2. The predicted molar refractivity (Wildman–Crippen MR) is 208 cm³/mol. The van der Waals surface area contributed by atoms with Crippen molar-refractivity contribution < 1.29 is 33.5 Å². The smallest absolute Gasteiger partial charge is 0.248 e. The summed E-state index contributed by atoms with van der Waals surface area (Å²) in [6.45, 7) is 6.69. The first-order valence-electron chi connectivity index (χ1n) is 18.1. The molecule has 2 amide bonds. The molecule has 0 aliphatic carbocycles. The Morgan fingerprint density at radius 2 is 1.57 bits per heavy atom. The number of hydrogen-bond donors (Lipinski definition) is 1. The lowest BCUT2D eigenvalue weighted by molar-refractivity contribution is -0.200. The Labute approximate surface area is 319 Å². The van der Waals surface area contributed by atoms with E-state index in [1.165, 1.54) is 21.1 Å². The van der Waals surface area contributed by atoms with Gasteiger partial charge in [-0.25, -0.2) is 4.98 Å². The number of carbonyl (C=O) groups excluding carboxylic acids is 4. The van der Waals surface area contributed by atoms with Gasteiger partial charge >= 0.3 is 0 Å². The molecular weight excluding hydrogens is 709 g/mol. The van der Waals surface area contributed by atoms with E-state index in [1.807, 2.05) is 65.4 Å². The van der Waals surface area contributed by atoms with Gasteiger partial charge < -0.3 is 24.6 Å². The third kappa shape index (κ3) is 8.67. The predicted octanol–water partition coefficient (Wildman–Crippen LogP) is 5.56. The van der Waals surface area contributed by atoms with Crippen molar-refractivity contribution in [2.45, 2.75) is 51.8 Å². The van der Waals surface area contributed by atoms with Crippen molar-refractivity contribution in [3.05, 3.63) is 83.9 Å². The lowest BCUT2D eigenvalue weighted by Gasteiger charge is -2.41. The number of anilines is 2. The number of fused-ring (bicyclic) bond motifs is 1. The number of carbonyl (C=O) groups is 4. The number of aromatic nitrogens is 2. The van der Waals surface area contributed by atoms with Crippen molar-refractivity contribution in [1.82, 2.24) is 19.9 Å². The van der Waals surface area contributed by atoms with Gasteiger partial charge in [-0.15, -0.1) is 0 Å². The number of rotatable bonds is 13. The molecule has 2 aliphatic rings. The fourth-order valence-electron chi connectivity index (χ4n) is 6.89. The van der Waals surface area contributed by atoms with Crippen molar-refractivity contribution in [1.29, 1.82) is 0 Å². The number of hydroxylamine groups is 2. The Balaban J connectivity index is 1.34. The molecule has 0 saturated carbocycles. The molecule has 0 spiro atoms. The summed E-state index contributed by atoms with van der Waals surface area (Å²) in [5, 5.41) is 5.26. The fourth-order valence-corrected chi connectivity index (χ4v) is 7.51. The summed E-state index contributed by atoms with van der Waals surface area (Å²) in [6, 6.07) is 20.9. The highest BCUT2D eigenvalue weighted by molar-refractivity contribution is 8.13. The Bertz CT molecular complexity index is 1980. The van der Waals surface area contributed by atoms with E-state index in [9.17, 15) is 19.2 Å². The highest BCUT2D eigenvalue weighted by atomic mass is 32.2. The van der Waals surface area contributed by atoms with Crippen LogP contribution >= 0.6 is 11.8 Å². The molecular formula is C40H46N6O7S. The third-order valence-electron chi connectivity index (χ3n) is 9.76. The molecule has 2 saturated heterocycles. The van der Waals surface area contributed by atoms with E-state index in [1.54, 1.807) is 36.1 Å². The standard InChI is InChI=1S/C40H46N6O7S/c1-25(24-54-27(3)47)39(50)45-18-12-17-32(45)38(49)42-37-30-21-34(51-4)35(52-5)22-31(30)41-40(43-37)46-20-19-44(53-26(2)28-13-8-6-9-14-28)23-33(46)36(48)29-15-10-7-11-16-29/h6-11,13-16,21-22,25-26,32-33H,12,17-20,23-24H2,1-5H3,(H,41,42,43,49). The molecule has 54 heavy (non-hydrogen) atoms. The van der Waals surface area contributed by atoms with Gasteiger partial charge in [0.25, 0.3) is 0 Å². The van der Waals surface area contributed by atoms with Crippen LogP contribution in [0.3, 0.4) is 0 Å². The van der Waals surface area contributed by atoms with Gasteiger partial charge in [-0.1, -0.05) is 79.3 Å². The SMILES string of the molecule is COc1cc2nc(N3CCN(OC(C)c4ccccc4)CC3C(=O)c3ccccc3)nc(NC(=O)C3CCCN3C(=O)C(C)CSC(C)=O)c2cc1OC. The second kappa shape index (κ2) is 17.4. The maximum Gasteiger partial charge on any atom is 0.248 e. The summed E-state index contributed by atoms with van der Waals surface area (Å²) < 4.78 is 11.2. The number of nitrogens with one attached hydrogen (secondary N) is 1. The van der Waals surface area contributed by atoms with E-state index >= 15 is 0 Å². The molecule has 284 valence electrons. The topological polar surface area (TPSA) is 143 Å². The molecule has 4 unspecified atom stereocenters. The number of hydrogen-bond acceptors (Lipinski definition) is 12. The molecule has 13 nitrogen and oxygen atoms in total. The second-order valence-electron chi connectivity index (χ2n) is 13.5. The van der Waals surface area contributed by atoms with E-state index in [4.69, 9.17) is 24.3 Å². The van der Waals surface area contributed by atoms with E-state index in [-0.39, 0.29) is 41.2 Å². The van der Waals surface area contributed by atoms with Crippen LogP contribution in [-0.2, 0) is 19.2 Å². The van der Waals surface area contributed by atoms with E-state index < -0.39 is 23.9 Å². The molecule has 6 rings (SSSR count). The number of piperazine rings is 1. The first-order valence-corrected chi connectivity index (χ1v) is 19.1. The molecule has 2 fully saturated rings. The Kier molecular flexibility index (Phi) is 12.5. The van der Waals surface area contributed by atoms with Crippen molar-refractivity contribution in [3.8, 4) is 11.5 Å². The van der Waals surface area contributed by atoms with Crippen molar-refractivity contribution >= 4 is 57.1 Å². The molecule has 3 aromatic carbocycles. The first-order chi connectivity index (χ1) is 26.1. The molecule has 4 aromatic rings. The van der Waals surface area contributed by atoms with Crippen LogP contribution in [0.2, 0.25) is 0 Å². The molecule has 0 radical (unpaired) electrons. The van der Waals surface area contributed by atoms with Crippen LogP contribution < -0.4 is 19.7 Å². The van der Waals surface area contributed by atoms with Gasteiger partial charge in [0, 0.05) is 55.2 Å². The van der Waals surface area contributed by atoms with Gasteiger partial charge in [-0.05, 0) is 31.4 Å². The lowest BCUT2D eigenvalue weighted by atomic mass is 10.0. The minimum atomic E-state index is -0.734. The number of nitrogens with zero attached hydrogens (tertiary/aromatic N) is 5. The number of ketones is 1. The number of amides is 2. The number of likely N-dealkylation sites (tertiary alicyclic amines) is 1. The summed E-state index contributed by atoms with van der Waals surface area (Å²) in [7, 11) is 3.05. The summed E-state index contributed by atoms with van der Waals surface area (Å²) >= 11 is 1.10. The van der Waals surface area contributed by atoms with Crippen LogP contribution in [0.1, 0.15) is 55.6 Å². The Morgan fingerprint density at radius 1 is 0.889 bits per heavy atom. The number of benzene rings is 3. The lowest BCUT2D eigenvalue weighted by Crippen LogP contribution is -2.57. The van der Waals surface area contributed by atoms with Crippen LogP contribution in [0, 0.1) is 5.92 Å². The van der Waals surface area contributed by atoms with Gasteiger partial charge in [0.1, 0.15) is 24.0 Å². The molecule has 1 N–H and O–H groups in total. The highest BCUT2D eigenvalue weighted by Crippen LogP contribution is 2.36. The van der Waals surface area contributed by atoms with Crippen LogP contribution in [0.15, 0.2) is 72.8 Å². The Morgan fingerprint density at radius 3 is 2.26 bits per heavy atom. The minimum absolute atomic E-state index is 0.0627. The van der Waals surface area contributed by atoms with Gasteiger partial charge in [0.05, 0.1) is 26.3 Å². The number of Topliss-reactive ketones (excluding diaryl/α,β-unsaturated/α-hetero) is 1. The van der Waals surface area contributed by atoms with Crippen LogP contribution in [0.25, 0.3) is 10.9 Å². The quantitative estimate of drug-likeness (QED) is 0.171. The number of thioether (sulfide) groups is 1. The number of methoxy groups -OCH3 is 2. The van der Waals surface area contributed by atoms with Gasteiger partial charge in [-0.3, -0.25) is 24.0 Å². The average molecular weight is 755 g/mol. The van der Waals surface area contributed by atoms with Crippen LogP contribution in [0.4, 0.5) is 11.8 Å². The van der Waals surface area contributed by atoms with Gasteiger partial charge in [0.2, 0.25) is 17.8 Å². The van der Waals surface area contributed by atoms with E-state index in [0.717, 1.165) is 17.3 Å². The summed E-state index contributed by atoms with van der Waals surface area (Å²) in [5.74, 6) is 0.508. The highest BCUT2D eigenvalue weighted by Gasteiger charge is 2.38. The van der Waals surface area contributed by atoms with Crippen molar-refractivity contribution in [3.63, 3.8) is 0 Å². The molecule has 3 heterocycles. The molecule has 2 aliphatic heterocycles. The maximum absolute atomic E-state index is 14.3. The Hall–Kier alpha value is -5.05. The van der Waals surface area contributed by atoms with E-state index in [2.05, 4.69) is 5.32 Å². The molecule has 14 heteroatoms. The normalized spacial score (nSPS) is 18.6. The second-order valence-corrected chi connectivity index (χ2v) is 14.7. The zero-order valence-corrected chi connectivity index (χ0v) is 32.0. The van der Waals surface area contributed by atoms with Crippen molar-refractivity contribution in [2.24, 2.45) is 5.92 Å². The maximum atomic E-state index is 14.3. The summed E-state index contributed by atoms with van der Waals surface area (Å²) in [5.41, 5.74) is 2.01. The summed E-state index contributed by atoms with van der Waals surface area (Å²) in [4.78, 5) is 73.0. The number of ether oxygens (including phenoxy) is 2. The largest absolute Gasteiger partial charge is 0.493 e. The molecule has 0 bridgehead atoms. The van der Waals surface area contributed by atoms with Crippen LogP contribution in [-0.4, -0.2) is 101 Å². The van der Waals surface area contributed by atoms with Crippen LogP contribution in [0.5, 0.6) is 11.5 Å². The monoisotopic (exact) mass is 754 g/mol. The zero-order chi connectivity index (χ0) is 38.4. The fraction of sp³-hybridized carbons (Fsp3) is 0.400.